The van der Waals surface area contributed by atoms with Gasteiger partial charge in [-0.2, -0.15) is 0 Å². The maximum absolute atomic E-state index is 11.7. The van der Waals surface area contributed by atoms with E-state index in [0.717, 1.165) is 12.1 Å². The van der Waals surface area contributed by atoms with E-state index in [2.05, 4.69) is 19.2 Å². The third-order valence-corrected chi connectivity index (χ3v) is 3.89. The van der Waals surface area contributed by atoms with Gasteiger partial charge in [0.1, 0.15) is 12.7 Å². The first-order valence-electron chi connectivity index (χ1n) is 8.58. The van der Waals surface area contributed by atoms with Crippen molar-refractivity contribution in [2.75, 3.05) is 33.9 Å². The fourth-order valence-corrected chi connectivity index (χ4v) is 2.65. The van der Waals surface area contributed by atoms with Crippen molar-refractivity contribution in [3.05, 3.63) is 28.1 Å². The van der Waals surface area contributed by atoms with Crippen LogP contribution in [0.3, 0.4) is 0 Å². The first-order chi connectivity index (χ1) is 12.4. The third kappa shape index (κ3) is 5.76. The van der Waals surface area contributed by atoms with Crippen molar-refractivity contribution in [2.45, 2.75) is 26.9 Å². The van der Waals surface area contributed by atoms with Gasteiger partial charge in [-0.3, -0.25) is 0 Å². The topological polar surface area (TPSA) is 90.2 Å². The van der Waals surface area contributed by atoms with Crippen LogP contribution >= 0.6 is 12.4 Å². The Morgan fingerprint density at radius 1 is 1.15 bits per heavy atom. The summed E-state index contributed by atoms with van der Waals surface area (Å²) < 4.78 is 21.8. The van der Waals surface area contributed by atoms with Gasteiger partial charge in [-0.25, -0.2) is 4.79 Å². The van der Waals surface area contributed by atoms with Crippen molar-refractivity contribution in [3.8, 4) is 17.2 Å². The standard InChI is InChI=1S/C19H27NO6.ClH/c1-11(2)8-20-9-13(21)10-25-15-7-14-12(3)6-16(22)26-17(14)19(24-5)18(15)23-4;/h6-7,11,13,20-21H,8-10H2,1-5H3;1H. The Hall–Kier alpha value is -1.96. The van der Waals surface area contributed by atoms with Crippen LogP contribution < -0.4 is 25.2 Å². The summed E-state index contributed by atoms with van der Waals surface area (Å²) in [6, 6.07) is 3.13. The van der Waals surface area contributed by atoms with Gasteiger partial charge in [0.25, 0.3) is 0 Å². The van der Waals surface area contributed by atoms with Gasteiger partial charge >= 0.3 is 5.63 Å². The van der Waals surface area contributed by atoms with E-state index in [4.69, 9.17) is 18.6 Å². The molecule has 2 aromatic rings. The highest BCUT2D eigenvalue weighted by atomic mass is 35.5. The second kappa shape index (κ2) is 10.4. The van der Waals surface area contributed by atoms with Crippen LogP contribution in [0, 0.1) is 12.8 Å². The molecule has 7 nitrogen and oxygen atoms in total. The molecule has 1 aromatic heterocycles. The fraction of sp³-hybridized carbons (Fsp3) is 0.526. The molecule has 2 N–H and O–H groups in total. The van der Waals surface area contributed by atoms with Crippen LogP contribution in [0.1, 0.15) is 19.4 Å². The highest BCUT2D eigenvalue weighted by Crippen LogP contribution is 2.43. The van der Waals surface area contributed by atoms with Gasteiger partial charge in [0, 0.05) is 18.0 Å². The second-order valence-electron chi connectivity index (χ2n) is 6.58. The van der Waals surface area contributed by atoms with E-state index in [1.165, 1.54) is 20.3 Å². The number of methoxy groups -OCH3 is 2. The number of aryl methyl sites for hydroxylation is 1. The molecule has 0 bridgehead atoms. The Labute approximate surface area is 165 Å². The molecule has 152 valence electrons. The molecule has 1 aromatic carbocycles. The molecule has 0 aliphatic heterocycles. The van der Waals surface area contributed by atoms with Crippen molar-refractivity contribution in [3.63, 3.8) is 0 Å². The lowest BCUT2D eigenvalue weighted by Gasteiger charge is -2.18. The number of halogens is 1. The largest absolute Gasteiger partial charge is 0.490 e. The minimum Gasteiger partial charge on any atom is -0.490 e. The smallest absolute Gasteiger partial charge is 0.336 e. The van der Waals surface area contributed by atoms with Crippen LogP contribution in [0.15, 0.2) is 21.3 Å². The van der Waals surface area contributed by atoms with E-state index >= 15 is 0 Å². The number of ether oxygens (including phenoxy) is 3. The van der Waals surface area contributed by atoms with Crippen LogP contribution in [-0.4, -0.2) is 45.1 Å². The fourth-order valence-electron chi connectivity index (χ4n) is 2.65. The van der Waals surface area contributed by atoms with E-state index in [0.29, 0.717) is 34.9 Å². The predicted molar refractivity (Wildman–Crippen MR) is 107 cm³/mol. The quantitative estimate of drug-likeness (QED) is 0.624. The van der Waals surface area contributed by atoms with Crippen LogP contribution in [0.4, 0.5) is 0 Å². The summed E-state index contributed by atoms with van der Waals surface area (Å²) in [5, 5.41) is 14.0. The van der Waals surface area contributed by atoms with Gasteiger partial charge in [-0.1, -0.05) is 13.8 Å². The minimum atomic E-state index is -0.671. The van der Waals surface area contributed by atoms with Gasteiger partial charge in [0.05, 0.1) is 14.2 Å². The van der Waals surface area contributed by atoms with Crippen molar-refractivity contribution < 1.29 is 23.7 Å². The molecule has 1 atom stereocenters. The summed E-state index contributed by atoms with van der Waals surface area (Å²) in [4.78, 5) is 11.7. The number of aliphatic hydroxyl groups excluding tert-OH is 1. The molecule has 0 aliphatic carbocycles. The molecular weight excluding hydrogens is 374 g/mol. The Bertz CT molecular complexity index is 805. The summed E-state index contributed by atoms with van der Waals surface area (Å²) >= 11 is 0. The van der Waals surface area contributed by atoms with Crippen LogP contribution in [0.25, 0.3) is 11.0 Å². The number of benzene rings is 1. The molecule has 0 amide bonds. The molecule has 0 fully saturated rings. The molecule has 27 heavy (non-hydrogen) atoms. The number of nitrogens with one attached hydrogen (secondary N) is 1. The Morgan fingerprint density at radius 2 is 1.81 bits per heavy atom. The van der Waals surface area contributed by atoms with E-state index in [-0.39, 0.29) is 24.8 Å². The Morgan fingerprint density at radius 3 is 2.41 bits per heavy atom. The lowest BCUT2D eigenvalue weighted by molar-refractivity contribution is 0.104. The second-order valence-corrected chi connectivity index (χ2v) is 6.58. The highest BCUT2D eigenvalue weighted by molar-refractivity contribution is 5.90. The monoisotopic (exact) mass is 401 g/mol. The van der Waals surface area contributed by atoms with Crippen LogP contribution in [0.5, 0.6) is 17.2 Å². The summed E-state index contributed by atoms with van der Waals surface area (Å²) in [6.45, 7) is 7.35. The highest BCUT2D eigenvalue weighted by Gasteiger charge is 2.20. The van der Waals surface area contributed by atoms with Gasteiger partial charge in [0.15, 0.2) is 11.3 Å². The lowest BCUT2D eigenvalue weighted by atomic mass is 10.1. The molecule has 1 unspecified atom stereocenters. The molecule has 1 heterocycles. The van der Waals surface area contributed by atoms with Crippen molar-refractivity contribution >= 4 is 23.4 Å². The zero-order chi connectivity index (χ0) is 19.3. The first kappa shape index (κ1) is 23.1. The van der Waals surface area contributed by atoms with Crippen LogP contribution in [-0.2, 0) is 0 Å². The molecule has 8 heteroatoms. The van der Waals surface area contributed by atoms with Crippen molar-refractivity contribution in [2.24, 2.45) is 5.92 Å². The van der Waals surface area contributed by atoms with Gasteiger partial charge in [-0.15, -0.1) is 12.4 Å². The van der Waals surface area contributed by atoms with Gasteiger partial charge in [0.2, 0.25) is 11.5 Å². The SMILES string of the molecule is COc1c(OCC(O)CNCC(C)C)cc2c(C)cc(=O)oc2c1OC.Cl. The third-order valence-electron chi connectivity index (χ3n) is 3.89. The number of hydrogen-bond acceptors (Lipinski definition) is 7. The predicted octanol–water partition coefficient (Wildman–Crippen LogP) is 2.53. The van der Waals surface area contributed by atoms with Crippen molar-refractivity contribution in [1.82, 2.24) is 5.32 Å². The maximum atomic E-state index is 11.7. The minimum absolute atomic E-state index is 0. The summed E-state index contributed by atoms with van der Waals surface area (Å²) in [5.74, 6) is 1.52. The Balaban J connectivity index is 0.00000364. The molecule has 0 radical (unpaired) electrons. The summed E-state index contributed by atoms with van der Waals surface area (Å²) in [7, 11) is 2.94. The molecule has 0 aliphatic rings. The number of rotatable bonds is 9. The van der Waals surface area contributed by atoms with Gasteiger partial charge < -0.3 is 29.1 Å². The number of fused-ring (bicyclic) bond motifs is 1. The van der Waals surface area contributed by atoms with E-state index in [1.807, 2.05) is 0 Å². The van der Waals surface area contributed by atoms with E-state index in [9.17, 15) is 9.90 Å². The maximum Gasteiger partial charge on any atom is 0.336 e. The first-order valence-corrected chi connectivity index (χ1v) is 8.58. The average Bonchev–Trinajstić information content (AvgIpc) is 2.58. The number of hydrogen-bond donors (Lipinski definition) is 2. The summed E-state index contributed by atoms with van der Waals surface area (Å²) in [6.07, 6.45) is -0.671. The average molecular weight is 402 g/mol. The zero-order valence-corrected chi connectivity index (χ0v) is 17.1. The van der Waals surface area contributed by atoms with Crippen LogP contribution in [0.2, 0.25) is 0 Å². The summed E-state index contributed by atoms with van der Waals surface area (Å²) in [5.41, 5.74) is 0.581. The van der Waals surface area contributed by atoms with Gasteiger partial charge in [-0.05, 0) is 31.0 Å². The molecule has 2 rings (SSSR count). The molecular formula is C19H28ClNO6. The van der Waals surface area contributed by atoms with E-state index < -0.39 is 11.7 Å². The molecule has 0 saturated heterocycles. The molecule has 0 saturated carbocycles. The zero-order valence-electron chi connectivity index (χ0n) is 16.3. The Kier molecular flexibility index (Phi) is 8.88. The van der Waals surface area contributed by atoms with Crippen molar-refractivity contribution in [1.29, 1.82) is 0 Å². The normalized spacial score (nSPS) is 12.0. The molecule has 0 spiro atoms. The number of aliphatic hydroxyl groups is 1. The van der Waals surface area contributed by atoms with E-state index in [1.54, 1.807) is 13.0 Å². The lowest BCUT2D eigenvalue weighted by Crippen LogP contribution is -2.33.